The average molecular weight is 179 g/mol. The molecule has 0 saturated carbocycles. The Bertz CT molecular complexity index is 236. The van der Waals surface area contributed by atoms with Crippen LogP contribution in [0.2, 0.25) is 0 Å². The minimum atomic E-state index is -1.26. The number of hydrogen-bond acceptors (Lipinski definition) is 5. The van der Waals surface area contributed by atoms with E-state index in [4.69, 9.17) is 9.57 Å². The van der Waals surface area contributed by atoms with Crippen LogP contribution in [0.1, 0.15) is 6.42 Å². The SMILES string of the molecule is O=C([O-])C1=NOC2(COC2)C1.[Na+]. The van der Waals surface area contributed by atoms with Gasteiger partial charge in [0.2, 0.25) is 0 Å². The van der Waals surface area contributed by atoms with E-state index in [1.807, 2.05) is 0 Å². The van der Waals surface area contributed by atoms with Crippen LogP contribution in [0, 0.1) is 0 Å². The first kappa shape index (κ1) is 9.98. The van der Waals surface area contributed by atoms with E-state index in [-0.39, 0.29) is 35.3 Å². The fourth-order valence-electron chi connectivity index (χ4n) is 1.12. The van der Waals surface area contributed by atoms with Crippen LogP contribution in [0.5, 0.6) is 0 Å². The maximum Gasteiger partial charge on any atom is 1.00 e. The molecule has 1 saturated heterocycles. The number of rotatable bonds is 1. The van der Waals surface area contributed by atoms with E-state index in [0.29, 0.717) is 19.6 Å². The van der Waals surface area contributed by atoms with E-state index in [1.165, 1.54) is 0 Å². The Labute approximate surface area is 91.0 Å². The summed E-state index contributed by atoms with van der Waals surface area (Å²) >= 11 is 0. The minimum Gasteiger partial charge on any atom is -0.543 e. The molecule has 0 unspecified atom stereocenters. The summed E-state index contributed by atoms with van der Waals surface area (Å²) in [5.74, 6) is -1.26. The number of carboxylic acid groups (broad SMARTS) is 1. The number of hydrogen-bond donors (Lipinski definition) is 0. The Hall–Kier alpha value is -0.100. The molecule has 6 heteroatoms. The largest absolute Gasteiger partial charge is 1.00 e. The van der Waals surface area contributed by atoms with Crippen molar-refractivity contribution in [2.24, 2.45) is 5.16 Å². The first-order valence-electron chi connectivity index (χ1n) is 3.26. The summed E-state index contributed by atoms with van der Waals surface area (Å²) in [4.78, 5) is 15.2. The molecule has 0 aliphatic carbocycles. The second kappa shape index (κ2) is 3.33. The van der Waals surface area contributed by atoms with Crippen molar-refractivity contribution < 1.29 is 49.0 Å². The molecule has 0 atom stereocenters. The summed E-state index contributed by atoms with van der Waals surface area (Å²) in [7, 11) is 0. The van der Waals surface area contributed by atoms with Crippen LogP contribution in [0.3, 0.4) is 0 Å². The molecule has 0 N–H and O–H groups in total. The number of oxime groups is 1. The van der Waals surface area contributed by atoms with Gasteiger partial charge in [-0.1, -0.05) is 5.16 Å². The average Bonchev–Trinajstić information content (AvgIpc) is 2.28. The second-order valence-corrected chi connectivity index (χ2v) is 2.77. The smallest absolute Gasteiger partial charge is 0.543 e. The number of carbonyl (C=O) groups excluding carboxylic acids is 1. The van der Waals surface area contributed by atoms with Crippen molar-refractivity contribution in [2.75, 3.05) is 13.2 Å². The van der Waals surface area contributed by atoms with Crippen molar-refractivity contribution in [3.8, 4) is 0 Å². The number of nitrogens with zero attached hydrogens (tertiary/aromatic N) is 1. The number of aliphatic carboxylic acids is 1. The molecule has 12 heavy (non-hydrogen) atoms. The standard InChI is InChI=1S/C6H7NO4.Na/c8-5(9)4-1-6(11-7-4)2-10-3-6;/h1-3H2,(H,8,9);/q;+1/p-1. The Kier molecular flexibility index (Phi) is 2.77. The van der Waals surface area contributed by atoms with Gasteiger partial charge in [0.15, 0.2) is 5.60 Å². The molecule has 0 aromatic carbocycles. The zero-order valence-corrected chi connectivity index (χ0v) is 8.70. The quantitative estimate of drug-likeness (QED) is 0.379. The predicted octanol–water partition coefficient (Wildman–Crippen LogP) is -4.71. The van der Waals surface area contributed by atoms with Crippen molar-refractivity contribution in [3.63, 3.8) is 0 Å². The molecule has 2 aliphatic heterocycles. The normalized spacial score (nSPS) is 23.5. The van der Waals surface area contributed by atoms with Crippen molar-refractivity contribution in [1.29, 1.82) is 0 Å². The van der Waals surface area contributed by atoms with Crippen LogP contribution in [0.15, 0.2) is 5.16 Å². The Balaban J connectivity index is 0.000000720. The molecule has 0 aromatic rings. The second-order valence-electron chi connectivity index (χ2n) is 2.77. The van der Waals surface area contributed by atoms with Crippen LogP contribution in [0.25, 0.3) is 0 Å². The van der Waals surface area contributed by atoms with E-state index in [1.54, 1.807) is 0 Å². The number of ether oxygens (including phenoxy) is 1. The van der Waals surface area contributed by atoms with E-state index in [9.17, 15) is 9.90 Å². The van der Waals surface area contributed by atoms with Crippen molar-refractivity contribution in [2.45, 2.75) is 12.0 Å². The molecular formula is C6H6NNaO4. The molecule has 1 spiro atoms. The van der Waals surface area contributed by atoms with Crippen molar-refractivity contribution >= 4 is 11.7 Å². The van der Waals surface area contributed by atoms with E-state index in [2.05, 4.69) is 5.16 Å². The van der Waals surface area contributed by atoms with Gasteiger partial charge >= 0.3 is 29.6 Å². The topological polar surface area (TPSA) is 71.0 Å². The molecule has 2 rings (SSSR count). The third-order valence-electron chi connectivity index (χ3n) is 1.80. The molecule has 2 aliphatic rings. The molecule has 5 nitrogen and oxygen atoms in total. The summed E-state index contributed by atoms with van der Waals surface area (Å²) in [6.07, 6.45) is 0.301. The van der Waals surface area contributed by atoms with E-state index in [0.717, 1.165) is 0 Å². The summed E-state index contributed by atoms with van der Waals surface area (Å²) in [6.45, 7) is 0.848. The van der Waals surface area contributed by atoms with E-state index >= 15 is 0 Å². The first-order valence-corrected chi connectivity index (χ1v) is 3.26. The summed E-state index contributed by atoms with van der Waals surface area (Å²) in [5, 5.41) is 13.7. The predicted molar refractivity (Wildman–Crippen MR) is 31.7 cm³/mol. The maximum atomic E-state index is 10.3. The molecule has 0 bridgehead atoms. The van der Waals surface area contributed by atoms with Gasteiger partial charge in [-0.05, 0) is 0 Å². The third kappa shape index (κ3) is 1.50. The van der Waals surface area contributed by atoms with Gasteiger partial charge in [-0.3, -0.25) is 0 Å². The zero-order chi connectivity index (χ0) is 7.90. The van der Waals surface area contributed by atoms with Gasteiger partial charge in [0.05, 0.1) is 19.2 Å². The maximum absolute atomic E-state index is 10.3. The van der Waals surface area contributed by atoms with Crippen molar-refractivity contribution in [3.05, 3.63) is 0 Å². The van der Waals surface area contributed by atoms with Gasteiger partial charge in [-0.15, -0.1) is 0 Å². The monoisotopic (exact) mass is 179 g/mol. The van der Waals surface area contributed by atoms with Crippen LogP contribution in [0.4, 0.5) is 0 Å². The first-order chi connectivity index (χ1) is 5.22. The number of carboxylic acids is 1. The summed E-state index contributed by atoms with van der Waals surface area (Å²) in [5.41, 5.74) is -0.497. The fraction of sp³-hybridized carbons (Fsp3) is 0.667. The van der Waals surface area contributed by atoms with Gasteiger partial charge in [0, 0.05) is 6.42 Å². The Morgan fingerprint density at radius 2 is 2.25 bits per heavy atom. The molecule has 60 valence electrons. The van der Waals surface area contributed by atoms with Gasteiger partial charge < -0.3 is 19.5 Å². The van der Waals surface area contributed by atoms with Crippen LogP contribution in [-0.4, -0.2) is 30.5 Å². The number of carbonyl (C=O) groups is 1. The molecule has 2 heterocycles. The van der Waals surface area contributed by atoms with Crippen molar-refractivity contribution in [1.82, 2.24) is 0 Å². The van der Waals surface area contributed by atoms with E-state index < -0.39 is 11.6 Å². The third-order valence-corrected chi connectivity index (χ3v) is 1.80. The zero-order valence-electron chi connectivity index (χ0n) is 6.70. The Morgan fingerprint density at radius 1 is 1.58 bits per heavy atom. The van der Waals surface area contributed by atoms with Gasteiger partial charge in [0.1, 0.15) is 5.71 Å². The van der Waals surface area contributed by atoms with Crippen LogP contribution >= 0.6 is 0 Å². The molecule has 0 amide bonds. The summed E-state index contributed by atoms with van der Waals surface area (Å²) in [6, 6.07) is 0. The van der Waals surface area contributed by atoms with Gasteiger partial charge in [-0.2, -0.15) is 0 Å². The molecular weight excluding hydrogens is 173 g/mol. The Morgan fingerprint density at radius 3 is 2.50 bits per heavy atom. The molecule has 0 aromatic heterocycles. The molecule has 1 fully saturated rings. The van der Waals surface area contributed by atoms with Gasteiger partial charge in [-0.25, -0.2) is 0 Å². The molecule has 0 radical (unpaired) electrons. The van der Waals surface area contributed by atoms with Crippen LogP contribution in [-0.2, 0) is 14.4 Å². The fourth-order valence-corrected chi connectivity index (χ4v) is 1.12. The van der Waals surface area contributed by atoms with Gasteiger partial charge in [0.25, 0.3) is 0 Å². The van der Waals surface area contributed by atoms with Crippen LogP contribution < -0.4 is 34.7 Å². The summed E-state index contributed by atoms with van der Waals surface area (Å²) < 4.78 is 4.88. The minimum absolute atomic E-state index is 0.